The third-order valence-corrected chi connectivity index (χ3v) is 7.25. The van der Waals surface area contributed by atoms with Gasteiger partial charge in [0.1, 0.15) is 10.8 Å². The Bertz CT molecular complexity index is 1330. The molecule has 198 valence electrons. The molecule has 3 N–H and O–H groups in total. The minimum atomic E-state index is -0.842. The Labute approximate surface area is 219 Å². The van der Waals surface area contributed by atoms with Crippen molar-refractivity contribution in [3.8, 4) is 5.75 Å². The fourth-order valence-corrected chi connectivity index (χ4v) is 5.27. The summed E-state index contributed by atoms with van der Waals surface area (Å²) >= 11 is 1.98. The Balaban J connectivity index is 1.72. The largest absolute Gasteiger partial charge is 0.480 e. The number of rotatable bonds is 11. The first-order chi connectivity index (χ1) is 17.6. The fourth-order valence-electron chi connectivity index (χ4n) is 3.40. The number of carbonyl (C=O) groups excluding carboxylic acids is 3. The van der Waals surface area contributed by atoms with Crippen molar-refractivity contribution in [1.29, 1.82) is 0 Å². The minimum Gasteiger partial charge on any atom is -0.480 e. The summed E-state index contributed by atoms with van der Waals surface area (Å²) in [6.07, 6.45) is -0.718. The molecule has 1 aromatic carbocycles. The first kappa shape index (κ1) is 28.1. The number of ether oxygens (including phenoxy) is 2. The van der Waals surface area contributed by atoms with Crippen LogP contribution in [-0.2, 0) is 16.1 Å². The molecule has 3 aromatic rings. The summed E-state index contributed by atoms with van der Waals surface area (Å²) in [6, 6.07) is 3.00. The van der Waals surface area contributed by atoms with Crippen molar-refractivity contribution in [2.75, 3.05) is 17.7 Å². The summed E-state index contributed by atoms with van der Waals surface area (Å²) in [4.78, 5) is 37.0. The molecule has 0 saturated heterocycles. The standard InChI is InChI=1S/C23H25F2N5O5S2/c1-5-30-20(12(4)35-15-8-7-13(24)9-14(15)25)28-29-23(30)36-10-16(31)27-21-17(22(33)34-6-2)11(3)18(37-21)19(26)32/h7-9,12H,5-6,10H2,1-4H3,(H2,26,32)(H,27,31). The summed E-state index contributed by atoms with van der Waals surface area (Å²) in [5, 5.41) is 11.4. The van der Waals surface area contributed by atoms with Crippen molar-refractivity contribution in [2.24, 2.45) is 5.73 Å². The third-order valence-electron chi connectivity index (χ3n) is 5.06. The number of nitrogens with one attached hydrogen (secondary N) is 1. The second kappa shape index (κ2) is 12.1. The van der Waals surface area contributed by atoms with Gasteiger partial charge in [0.25, 0.3) is 5.91 Å². The Morgan fingerprint density at radius 2 is 1.97 bits per heavy atom. The molecule has 1 atom stereocenters. The van der Waals surface area contributed by atoms with Gasteiger partial charge in [-0.05, 0) is 45.4 Å². The van der Waals surface area contributed by atoms with Gasteiger partial charge < -0.3 is 25.1 Å². The van der Waals surface area contributed by atoms with Crippen LogP contribution in [0.15, 0.2) is 23.4 Å². The number of primary amides is 1. The van der Waals surface area contributed by atoms with Crippen LogP contribution in [0, 0.1) is 18.6 Å². The van der Waals surface area contributed by atoms with Gasteiger partial charge in [-0.1, -0.05) is 11.8 Å². The summed E-state index contributed by atoms with van der Waals surface area (Å²) < 4.78 is 39.5. The molecule has 0 aliphatic heterocycles. The van der Waals surface area contributed by atoms with Gasteiger partial charge in [-0.3, -0.25) is 9.59 Å². The lowest BCUT2D eigenvalue weighted by molar-refractivity contribution is -0.113. The van der Waals surface area contributed by atoms with E-state index in [2.05, 4.69) is 15.5 Å². The highest BCUT2D eigenvalue weighted by molar-refractivity contribution is 7.99. The number of anilines is 1. The first-order valence-corrected chi connectivity index (χ1v) is 12.9. The summed E-state index contributed by atoms with van der Waals surface area (Å²) in [6.45, 7) is 7.24. The lowest BCUT2D eigenvalue weighted by Gasteiger charge is -2.16. The molecule has 10 nitrogen and oxygen atoms in total. The van der Waals surface area contributed by atoms with E-state index in [9.17, 15) is 23.2 Å². The number of thioether (sulfide) groups is 1. The molecule has 0 fully saturated rings. The molecule has 3 rings (SSSR count). The Hall–Kier alpha value is -3.52. The predicted molar refractivity (Wildman–Crippen MR) is 134 cm³/mol. The lowest BCUT2D eigenvalue weighted by Crippen LogP contribution is -2.17. The van der Waals surface area contributed by atoms with E-state index in [0.29, 0.717) is 23.1 Å². The zero-order chi connectivity index (χ0) is 27.3. The fraction of sp³-hybridized carbons (Fsp3) is 0.348. The maximum absolute atomic E-state index is 14.0. The van der Waals surface area contributed by atoms with Crippen LogP contribution in [0.4, 0.5) is 13.8 Å². The first-order valence-electron chi connectivity index (χ1n) is 11.1. The van der Waals surface area contributed by atoms with E-state index in [1.807, 2.05) is 6.92 Å². The van der Waals surface area contributed by atoms with Gasteiger partial charge in [0.05, 0.1) is 22.8 Å². The monoisotopic (exact) mass is 553 g/mol. The average molecular weight is 554 g/mol. The van der Waals surface area contributed by atoms with Crippen LogP contribution in [0.25, 0.3) is 0 Å². The second-order valence-corrected chi connectivity index (χ2v) is 9.56. The van der Waals surface area contributed by atoms with Crippen LogP contribution in [0.1, 0.15) is 58.3 Å². The SMILES string of the molecule is CCOC(=O)c1c(NC(=O)CSc2nnc(C(C)Oc3ccc(F)cc3F)n2CC)sc(C(N)=O)c1C. The third kappa shape index (κ3) is 6.43. The zero-order valence-corrected chi connectivity index (χ0v) is 22.1. The molecule has 2 aromatic heterocycles. The topological polar surface area (TPSA) is 138 Å². The van der Waals surface area contributed by atoms with E-state index in [4.69, 9.17) is 15.2 Å². The van der Waals surface area contributed by atoms with Crippen LogP contribution in [0.2, 0.25) is 0 Å². The highest BCUT2D eigenvalue weighted by atomic mass is 32.2. The summed E-state index contributed by atoms with van der Waals surface area (Å²) in [5.74, 6) is -3.25. The van der Waals surface area contributed by atoms with Crippen molar-refractivity contribution in [3.63, 3.8) is 0 Å². The minimum absolute atomic E-state index is 0.0806. The van der Waals surface area contributed by atoms with E-state index in [1.165, 1.54) is 6.07 Å². The number of nitrogens with zero attached hydrogens (tertiary/aromatic N) is 3. The maximum atomic E-state index is 14.0. The van der Waals surface area contributed by atoms with Crippen LogP contribution in [0.3, 0.4) is 0 Å². The van der Waals surface area contributed by atoms with Gasteiger partial charge >= 0.3 is 5.97 Å². The van der Waals surface area contributed by atoms with Gasteiger partial charge in [-0.25, -0.2) is 13.6 Å². The highest BCUT2D eigenvalue weighted by Crippen LogP contribution is 2.34. The molecule has 2 amide bonds. The summed E-state index contributed by atoms with van der Waals surface area (Å²) in [7, 11) is 0. The number of amides is 2. The lowest BCUT2D eigenvalue weighted by atomic mass is 10.1. The van der Waals surface area contributed by atoms with Crippen molar-refractivity contribution < 1.29 is 32.6 Å². The van der Waals surface area contributed by atoms with Gasteiger partial charge in [0.2, 0.25) is 5.91 Å². The molecule has 0 spiro atoms. The van der Waals surface area contributed by atoms with E-state index in [1.54, 1.807) is 25.3 Å². The molecule has 0 aliphatic carbocycles. The molecule has 0 radical (unpaired) electrons. The number of carbonyl (C=O) groups is 3. The highest BCUT2D eigenvalue weighted by Gasteiger charge is 2.26. The smallest absolute Gasteiger partial charge is 0.341 e. The molecule has 2 heterocycles. The summed E-state index contributed by atoms with van der Waals surface area (Å²) in [5.41, 5.74) is 5.81. The number of nitrogens with two attached hydrogens (primary N) is 1. The van der Waals surface area contributed by atoms with E-state index in [0.717, 1.165) is 35.2 Å². The number of hydrogen-bond donors (Lipinski definition) is 2. The normalized spacial score (nSPS) is 11.7. The molecular weight excluding hydrogens is 528 g/mol. The second-order valence-electron chi connectivity index (χ2n) is 7.60. The maximum Gasteiger partial charge on any atom is 0.341 e. The quantitative estimate of drug-likeness (QED) is 0.267. The van der Waals surface area contributed by atoms with Crippen molar-refractivity contribution in [1.82, 2.24) is 14.8 Å². The number of benzene rings is 1. The van der Waals surface area contributed by atoms with Gasteiger partial charge in [-0.15, -0.1) is 21.5 Å². The van der Waals surface area contributed by atoms with Crippen LogP contribution >= 0.6 is 23.1 Å². The van der Waals surface area contributed by atoms with Gasteiger partial charge in [0, 0.05) is 12.6 Å². The molecule has 1 unspecified atom stereocenters. The number of halogens is 2. The molecule has 0 saturated carbocycles. The Morgan fingerprint density at radius 3 is 2.59 bits per heavy atom. The van der Waals surface area contributed by atoms with E-state index in [-0.39, 0.29) is 33.6 Å². The number of thiophene rings is 1. The molecule has 14 heteroatoms. The molecule has 0 bridgehead atoms. The zero-order valence-electron chi connectivity index (χ0n) is 20.5. The van der Waals surface area contributed by atoms with Gasteiger partial charge in [-0.2, -0.15) is 0 Å². The van der Waals surface area contributed by atoms with Gasteiger partial charge in [0.15, 0.2) is 28.7 Å². The van der Waals surface area contributed by atoms with Crippen LogP contribution in [0.5, 0.6) is 5.75 Å². The Kier molecular flexibility index (Phi) is 9.21. The van der Waals surface area contributed by atoms with E-state index >= 15 is 0 Å². The average Bonchev–Trinajstić information content (AvgIpc) is 3.40. The van der Waals surface area contributed by atoms with Crippen molar-refractivity contribution >= 4 is 45.9 Å². The predicted octanol–water partition coefficient (Wildman–Crippen LogP) is 4.09. The van der Waals surface area contributed by atoms with Crippen molar-refractivity contribution in [2.45, 2.75) is 45.5 Å². The van der Waals surface area contributed by atoms with Crippen molar-refractivity contribution in [3.05, 3.63) is 51.7 Å². The number of esters is 1. The molecule has 0 aliphatic rings. The van der Waals surface area contributed by atoms with Crippen LogP contribution in [-0.4, -0.2) is 44.9 Å². The van der Waals surface area contributed by atoms with E-state index < -0.39 is 35.5 Å². The number of hydrogen-bond acceptors (Lipinski definition) is 9. The Morgan fingerprint density at radius 1 is 1.24 bits per heavy atom. The molecular formula is C23H25F2N5O5S2. The van der Waals surface area contributed by atoms with Crippen LogP contribution < -0.4 is 15.8 Å². The molecule has 37 heavy (non-hydrogen) atoms. The number of aromatic nitrogens is 3.